The first-order valence-electron chi connectivity index (χ1n) is 5.36. The lowest BCUT2D eigenvalue weighted by Gasteiger charge is -2.03. The van der Waals surface area contributed by atoms with Crippen LogP contribution in [0.3, 0.4) is 0 Å². The van der Waals surface area contributed by atoms with E-state index in [1.807, 2.05) is 6.92 Å². The van der Waals surface area contributed by atoms with Gasteiger partial charge in [-0.1, -0.05) is 26.3 Å². The fourth-order valence-electron chi connectivity index (χ4n) is 1.18. The molecule has 0 aliphatic rings. The van der Waals surface area contributed by atoms with Crippen molar-refractivity contribution in [3.05, 3.63) is 12.3 Å². The summed E-state index contributed by atoms with van der Waals surface area (Å²) in [5.41, 5.74) is 6.21. The minimum absolute atomic E-state index is 0.139. The molecule has 0 saturated heterocycles. The van der Waals surface area contributed by atoms with Gasteiger partial charge in [-0.2, -0.15) is 0 Å². The second-order valence-corrected chi connectivity index (χ2v) is 3.53. The van der Waals surface area contributed by atoms with Crippen molar-refractivity contribution in [3.63, 3.8) is 0 Å². The molecule has 0 bridgehead atoms. The zero-order valence-electron chi connectivity index (χ0n) is 9.14. The van der Waals surface area contributed by atoms with E-state index in [-0.39, 0.29) is 5.91 Å². The summed E-state index contributed by atoms with van der Waals surface area (Å²) in [5, 5.41) is 2.85. The molecule has 0 aliphatic carbocycles. The van der Waals surface area contributed by atoms with Crippen LogP contribution >= 0.6 is 0 Å². The highest BCUT2D eigenvalue weighted by Gasteiger charge is 1.95. The van der Waals surface area contributed by atoms with Gasteiger partial charge in [-0.15, -0.1) is 0 Å². The van der Waals surface area contributed by atoms with E-state index in [4.69, 9.17) is 5.73 Å². The van der Waals surface area contributed by atoms with Crippen molar-refractivity contribution in [2.24, 2.45) is 5.73 Å². The van der Waals surface area contributed by atoms with E-state index in [0.717, 1.165) is 44.3 Å². The highest BCUT2D eigenvalue weighted by molar-refractivity contribution is 5.75. The van der Waals surface area contributed by atoms with Gasteiger partial charge in [-0.25, -0.2) is 0 Å². The van der Waals surface area contributed by atoms with Crippen molar-refractivity contribution in [1.29, 1.82) is 0 Å². The quantitative estimate of drug-likeness (QED) is 0.586. The number of amides is 1. The molecule has 3 nitrogen and oxygen atoms in total. The Morgan fingerprint density at radius 3 is 2.50 bits per heavy atom. The summed E-state index contributed by atoms with van der Waals surface area (Å²) in [6.45, 7) is 6.31. The maximum absolute atomic E-state index is 10.9. The van der Waals surface area contributed by atoms with Crippen LogP contribution in [0.4, 0.5) is 0 Å². The van der Waals surface area contributed by atoms with Crippen LogP contribution in [0.5, 0.6) is 0 Å². The molecule has 0 aliphatic heterocycles. The fourth-order valence-corrected chi connectivity index (χ4v) is 1.18. The molecule has 3 heteroatoms. The van der Waals surface area contributed by atoms with Gasteiger partial charge >= 0.3 is 0 Å². The van der Waals surface area contributed by atoms with Gasteiger partial charge < -0.3 is 11.1 Å². The fraction of sp³-hybridized carbons (Fsp3) is 0.727. The van der Waals surface area contributed by atoms with Crippen molar-refractivity contribution in [2.45, 2.75) is 45.4 Å². The number of allylic oxidation sites excluding steroid dienone is 1. The van der Waals surface area contributed by atoms with E-state index >= 15 is 0 Å². The van der Waals surface area contributed by atoms with Crippen molar-refractivity contribution in [3.8, 4) is 0 Å². The number of hydrogen-bond donors (Lipinski definition) is 2. The lowest BCUT2D eigenvalue weighted by molar-refractivity contribution is -0.120. The van der Waals surface area contributed by atoms with Crippen LogP contribution < -0.4 is 11.1 Å². The molecule has 0 aromatic heterocycles. The summed E-state index contributed by atoms with van der Waals surface area (Å²) in [6.07, 6.45) is 5.98. The number of carbonyl (C=O) groups is 1. The summed E-state index contributed by atoms with van der Waals surface area (Å²) in [6, 6.07) is 0. The molecule has 14 heavy (non-hydrogen) atoms. The largest absolute Gasteiger partial charge is 0.403 e. The average molecular weight is 198 g/mol. The third-order valence-electron chi connectivity index (χ3n) is 2.07. The average Bonchev–Trinajstić information content (AvgIpc) is 2.15. The number of nitrogens with two attached hydrogens (primary N) is 1. The molecule has 82 valence electrons. The summed E-state index contributed by atoms with van der Waals surface area (Å²) in [5.74, 6) is 0.139. The molecule has 0 atom stereocenters. The number of hydrogen-bond acceptors (Lipinski definition) is 2. The lowest BCUT2D eigenvalue weighted by Crippen LogP contribution is -2.23. The van der Waals surface area contributed by atoms with Crippen LogP contribution in [-0.4, -0.2) is 12.5 Å². The maximum Gasteiger partial charge on any atom is 0.219 e. The minimum Gasteiger partial charge on any atom is -0.403 e. The Hall–Kier alpha value is -0.990. The van der Waals surface area contributed by atoms with Gasteiger partial charge in [0.15, 0.2) is 0 Å². The van der Waals surface area contributed by atoms with E-state index in [9.17, 15) is 4.79 Å². The van der Waals surface area contributed by atoms with Crippen LogP contribution in [0, 0.1) is 0 Å². The topological polar surface area (TPSA) is 55.1 Å². The normalized spacial score (nSPS) is 9.79. The molecule has 0 fully saturated rings. The third kappa shape index (κ3) is 9.10. The van der Waals surface area contributed by atoms with Crippen LogP contribution in [0.2, 0.25) is 0 Å². The zero-order valence-corrected chi connectivity index (χ0v) is 9.14. The summed E-state index contributed by atoms with van der Waals surface area (Å²) in [7, 11) is 0. The van der Waals surface area contributed by atoms with Crippen LogP contribution in [0.1, 0.15) is 45.4 Å². The monoisotopic (exact) mass is 198 g/mol. The van der Waals surface area contributed by atoms with E-state index < -0.39 is 0 Å². The number of unbranched alkanes of at least 4 members (excludes halogenated alkanes) is 3. The molecule has 0 unspecified atom stereocenters. The van der Waals surface area contributed by atoms with Crippen molar-refractivity contribution in [1.82, 2.24) is 5.32 Å². The van der Waals surface area contributed by atoms with E-state index in [1.165, 1.54) is 0 Å². The van der Waals surface area contributed by atoms with Crippen molar-refractivity contribution < 1.29 is 4.79 Å². The minimum atomic E-state index is 0.139. The van der Waals surface area contributed by atoms with E-state index in [1.54, 1.807) is 0 Å². The lowest BCUT2D eigenvalue weighted by atomic mass is 10.1. The summed E-state index contributed by atoms with van der Waals surface area (Å²) in [4.78, 5) is 10.9. The van der Waals surface area contributed by atoms with Gasteiger partial charge in [0.25, 0.3) is 0 Å². The Balaban J connectivity index is 3.06. The molecule has 0 rings (SSSR count). The number of nitrogens with one attached hydrogen (secondary N) is 1. The smallest absolute Gasteiger partial charge is 0.219 e. The molecule has 0 saturated carbocycles. The van der Waals surface area contributed by atoms with E-state index in [2.05, 4.69) is 11.9 Å². The molecule has 0 spiro atoms. The van der Waals surface area contributed by atoms with Gasteiger partial charge in [-0.3, -0.25) is 4.79 Å². The predicted molar refractivity (Wildman–Crippen MR) is 59.7 cm³/mol. The Kier molecular flexibility index (Phi) is 7.99. The third-order valence-corrected chi connectivity index (χ3v) is 2.07. The second-order valence-electron chi connectivity index (χ2n) is 3.53. The van der Waals surface area contributed by atoms with Crippen LogP contribution in [0.15, 0.2) is 12.3 Å². The Morgan fingerprint density at radius 1 is 1.29 bits per heavy atom. The summed E-state index contributed by atoms with van der Waals surface area (Å²) >= 11 is 0. The van der Waals surface area contributed by atoms with Crippen molar-refractivity contribution in [2.75, 3.05) is 6.54 Å². The Labute approximate surface area is 86.8 Å². The molecule has 0 aromatic carbocycles. The van der Waals surface area contributed by atoms with Gasteiger partial charge in [0.1, 0.15) is 0 Å². The molecular formula is C11H22N2O. The van der Waals surface area contributed by atoms with Crippen LogP contribution in [0.25, 0.3) is 0 Å². The Bertz CT molecular complexity index is 178. The molecule has 1 amide bonds. The molecular weight excluding hydrogens is 176 g/mol. The van der Waals surface area contributed by atoms with Gasteiger partial charge in [0.05, 0.1) is 0 Å². The SMILES string of the molecule is C=C(N)CCCCCCNC(=O)CC. The first-order valence-corrected chi connectivity index (χ1v) is 5.36. The highest BCUT2D eigenvalue weighted by atomic mass is 16.1. The number of rotatable bonds is 8. The molecule has 0 aromatic rings. The maximum atomic E-state index is 10.9. The second kappa shape index (κ2) is 8.60. The Morgan fingerprint density at radius 2 is 1.93 bits per heavy atom. The number of carbonyl (C=O) groups excluding carboxylic acids is 1. The predicted octanol–water partition coefficient (Wildman–Crippen LogP) is 1.94. The molecule has 3 N–H and O–H groups in total. The highest BCUT2D eigenvalue weighted by Crippen LogP contribution is 2.04. The van der Waals surface area contributed by atoms with Gasteiger partial charge in [-0.05, 0) is 19.3 Å². The zero-order chi connectivity index (χ0) is 10.8. The first-order chi connectivity index (χ1) is 6.66. The van der Waals surface area contributed by atoms with Crippen molar-refractivity contribution >= 4 is 5.91 Å². The summed E-state index contributed by atoms with van der Waals surface area (Å²) < 4.78 is 0. The van der Waals surface area contributed by atoms with E-state index in [0.29, 0.717) is 6.42 Å². The molecule has 0 radical (unpaired) electrons. The molecule has 0 heterocycles. The van der Waals surface area contributed by atoms with Crippen LogP contribution in [-0.2, 0) is 4.79 Å². The first kappa shape index (κ1) is 13.0. The standard InChI is InChI=1S/C11H22N2O/c1-3-11(14)13-9-7-5-4-6-8-10(2)12/h2-9,12H2,1H3,(H,13,14). The van der Waals surface area contributed by atoms with Gasteiger partial charge in [0, 0.05) is 18.7 Å². The van der Waals surface area contributed by atoms with Gasteiger partial charge in [0.2, 0.25) is 5.91 Å².